The van der Waals surface area contributed by atoms with Crippen LogP contribution in [0.4, 0.5) is 0 Å². The number of rotatable bonds is 9. The zero-order chi connectivity index (χ0) is 20.5. The van der Waals surface area contributed by atoms with Gasteiger partial charge in [0.25, 0.3) is 0 Å². The van der Waals surface area contributed by atoms with Crippen LogP contribution in [0, 0.1) is 6.92 Å². The number of hydrogen-bond acceptors (Lipinski definition) is 2. The van der Waals surface area contributed by atoms with Crippen LogP contribution in [0.3, 0.4) is 0 Å². The van der Waals surface area contributed by atoms with Crippen LogP contribution in [0.2, 0.25) is 0 Å². The fourth-order valence-electron chi connectivity index (χ4n) is 3.00. The molecule has 0 unspecified atom stereocenters. The summed E-state index contributed by atoms with van der Waals surface area (Å²) < 4.78 is 0.985. The van der Waals surface area contributed by atoms with Crippen molar-refractivity contribution in [3.8, 4) is 0 Å². The van der Waals surface area contributed by atoms with Gasteiger partial charge in [0.2, 0.25) is 11.8 Å². The van der Waals surface area contributed by atoms with Gasteiger partial charge in [-0.1, -0.05) is 71.2 Å². The van der Waals surface area contributed by atoms with Gasteiger partial charge < -0.3 is 10.2 Å². The molecule has 0 fully saturated rings. The van der Waals surface area contributed by atoms with E-state index in [-0.39, 0.29) is 18.2 Å². The number of amides is 2. The smallest absolute Gasteiger partial charge is 0.242 e. The first-order valence-corrected chi connectivity index (χ1v) is 10.6. The first kappa shape index (κ1) is 22.2. The Morgan fingerprint density at radius 3 is 2.46 bits per heavy atom. The number of unbranched alkanes of at least 4 members (excludes halogenated alkanes) is 1. The SMILES string of the molecule is CCCCNC(=O)[C@H](C)N(Cc1ccc(Br)cc1)C(=O)Cc1cccc(C)c1. The van der Waals surface area contributed by atoms with Crippen molar-refractivity contribution >= 4 is 27.7 Å². The number of aryl methyl sites for hydroxylation is 1. The molecule has 0 radical (unpaired) electrons. The van der Waals surface area contributed by atoms with E-state index in [9.17, 15) is 9.59 Å². The summed E-state index contributed by atoms with van der Waals surface area (Å²) in [7, 11) is 0. The molecule has 2 amide bonds. The van der Waals surface area contributed by atoms with Crippen LogP contribution >= 0.6 is 15.9 Å². The Bertz CT molecular complexity index is 789. The molecule has 4 nitrogen and oxygen atoms in total. The molecule has 1 atom stereocenters. The van der Waals surface area contributed by atoms with Gasteiger partial charge in [0, 0.05) is 17.6 Å². The fraction of sp³-hybridized carbons (Fsp3) is 0.391. The molecule has 0 saturated heterocycles. The number of hydrogen-bond donors (Lipinski definition) is 1. The van der Waals surface area contributed by atoms with Crippen LogP contribution in [0.1, 0.15) is 43.4 Å². The van der Waals surface area contributed by atoms with E-state index < -0.39 is 6.04 Å². The number of carbonyl (C=O) groups is 2. The van der Waals surface area contributed by atoms with E-state index >= 15 is 0 Å². The first-order chi connectivity index (χ1) is 13.4. The fourth-order valence-corrected chi connectivity index (χ4v) is 3.27. The lowest BCUT2D eigenvalue weighted by Gasteiger charge is -2.29. The molecule has 0 spiro atoms. The van der Waals surface area contributed by atoms with E-state index in [0.29, 0.717) is 13.1 Å². The lowest BCUT2D eigenvalue weighted by atomic mass is 10.1. The second kappa shape index (κ2) is 11.0. The molecular weight excluding hydrogens is 416 g/mol. The molecule has 0 aliphatic rings. The molecular formula is C23H29BrN2O2. The van der Waals surface area contributed by atoms with Gasteiger partial charge in [0.05, 0.1) is 6.42 Å². The largest absolute Gasteiger partial charge is 0.354 e. The molecule has 28 heavy (non-hydrogen) atoms. The minimum Gasteiger partial charge on any atom is -0.354 e. The van der Waals surface area contributed by atoms with Gasteiger partial charge in [-0.05, 0) is 43.5 Å². The van der Waals surface area contributed by atoms with Crippen LogP contribution in [0.25, 0.3) is 0 Å². The summed E-state index contributed by atoms with van der Waals surface area (Å²) in [5.41, 5.74) is 3.08. The van der Waals surface area contributed by atoms with Gasteiger partial charge in [0.1, 0.15) is 6.04 Å². The molecule has 0 bridgehead atoms. The molecule has 0 aromatic heterocycles. The molecule has 2 aromatic rings. The average molecular weight is 445 g/mol. The monoisotopic (exact) mass is 444 g/mol. The summed E-state index contributed by atoms with van der Waals surface area (Å²) in [6.07, 6.45) is 2.23. The molecule has 0 saturated carbocycles. The van der Waals surface area contributed by atoms with E-state index in [1.807, 2.05) is 55.5 Å². The van der Waals surface area contributed by atoms with Gasteiger partial charge >= 0.3 is 0 Å². The van der Waals surface area contributed by atoms with Crippen LogP contribution in [0.15, 0.2) is 53.0 Å². The topological polar surface area (TPSA) is 49.4 Å². The molecule has 2 rings (SSSR count). The highest BCUT2D eigenvalue weighted by Crippen LogP contribution is 2.16. The predicted molar refractivity (Wildman–Crippen MR) is 117 cm³/mol. The van der Waals surface area contributed by atoms with Crippen molar-refractivity contribution in [2.45, 2.75) is 52.6 Å². The Morgan fingerprint density at radius 2 is 1.82 bits per heavy atom. The maximum Gasteiger partial charge on any atom is 0.242 e. The maximum absolute atomic E-state index is 13.1. The second-order valence-corrected chi connectivity index (χ2v) is 8.05. The summed E-state index contributed by atoms with van der Waals surface area (Å²) in [5.74, 6) is -0.158. The number of nitrogens with one attached hydrogen (secondary N) is 1. The summed E-state index contributed by atoms with van der Waals surface area (Å²) in [5, 5.41) is 2.95. The number of nitrogens with zero attached hydrogens (tertiary/aromatic N) is 1. The molecule has 2 aromatic carbocycles. The van der Waals surface area contributed by atoms with Crippen LogP contribution in [-0.4, -0.2) is 29.3 Å². The van der Waals surface area contributed by atoms with Gasteiger partial charge in [-0.15, -0.1) is 0 Å². The third-order valence-electron chi connectivity index (χ3n) is 4.70. The average Bonchev–Trinajstić information content (AvgIpc) is 2.67. The van der Waals surface area contributed by atoms with Crippen LogP contribution < -0.4 is 5.32 Å². The summed E-state index contributed by atoms with van der Waals surface area (Å²) in [6, 6.07) is 15.2. The van der Waals surface area contributed by atoms with Crippen molar-refractivity contribution in [3.05, 3.63) is 69.7 Å². The third-order valence-corrected chi connectivity index (χ3v) is 5.23. The van der Waals surface area contributed by atoms with E-state index in [2.05, 4.69) is 28.2 Å². The first-order valence-electron chi connectivity index (χ1n) is 9.78. The Labute approximate surface area is 176 Å². The van der Waals surface area contributed by atoms with Gasteiger partial charge in [0.15, 0.2) is 0 Å². The Balaban J connectivity index is 2.17. The van der Waals surface area contributed by atoms with Crippen LogP contribution in [-0.2, 0) is 22.6 Å². The van der Waals surface area contributed by atoms with Crippen molar-refractivity contribution in [3.63, 3.8) is 0 Å². The van der Waals surface area contributed by atoms with Gasteiger partial charge in [-0.2, -0.15) is 0 Å². The minimum atomic E-state index is -0.530. The van der Waals surface area contributed by atoms with E-state index in [4.69, 9.17) is 0 Å². The number of benzene rings is 2. The zero-order valence-electron chi connectivity index (χ0n) is 16.9. The van der Waals surface area contributed by atoms with Crippen molar-refractivity contribution in [1.29, 1.82) is 0 Å². The standard InChI is InChI=1S/C23H29BrN2O2/c1-4-5-13-25-23(28)18(3)26(16-19-9-11-21(24)12-10-19)22(27)15-20-8-6-7-17(2)14-20/h6-12,14,18H,4-5,13,15-16H2,1-3H3,(H,25,28)/t18-/m0/s1. The number of halogens is 1. The molecule has 1 N–H and O–H groups in total. The minimum absolute atomic E-state index is 0.0494. The summed E-state index contributed by atoms with van der Waals surface area (Å²) in [6.45, 7) is 6.94. The Kier molecular flexibility index (Phi) is 8.71. The molecule has 5 heteroatoms. The highest BCUT2D eigenvalue weighted by molar-refractivity contribution is 9.10. The maximum atomic E-state index is 13.1. The van der Waals surface area contributed by atoms with Gasteiger partial charge in [-0.25, -0.2) is 0 Å². The summed E-state index contributed by atoms with van der Waals surface area (Å²) in [4.78, 5) is 27.4. The van der Waals surface area contributed by atoms with Crippen molar-refractivity contribution in [2.75, 3.05) is 6.54 Å². The van der Waals surface area contributed by atoms with E-state index in [0.717, 1.165) is 34.0 Å². The highest BCUT2D eigenvalue weighted by Gasteiger charge is 2.26. The lowest BCUT2D eigenvalue weighted by molar-refractivity contribution is -0.140. The molecule has 150 valence electrons. The Hall–Kier alpha value is -2.14. The molecule has 0 aliphatic carbocycles. The third kappa shape index (κ3) is 6.79. The zero-order valence-corrected chi connectivity index (χ0v) is 18.5. The molecule has 0 aliphatic heterocycles. The van der Waals surface area contributed by atoms with Crippen molar-refractivity contribution in [1.82, 2.24) is 10.2 Å². The van der Waals surface area contributed by atoms with E-state index in [1.165, 1.54) is 0 Å². The normalized spacial score (nSPS) is 11.7. The quantitative estimate of drug-likeness (QED) is 0.572. The molecule has 0 heterocycles. The number of carbonyl (C=O) groups excluding carboxylic acids is 2. The predicted octanol–water partition coefficient (Wildman–Crippen LogP) is 4.63. The lowest BCUT2D eigenvalue weighted by Crippen LogP contribution is -2.48. The second-order valence-electron chi connectivity index (χ2n) is 7.13. The van der Waals surface area contributed by atoms with Gasteiger partial charge in [-0.3, -0.25) is 9.59 Å². The van der Waals surface area contributed by atoms with Crippen molar-refractivity contribution in [2.24, 2.45) is 0 Å². The van der Waals surface area contributed by atoms with Crippen LogP contribution in [0.5, 0.6) is 0 Å². The van der Waals surface area contributed by atoms with Crippen molar-refractivity contribution < 1.29 is 9.59 Å². The summed E-state index contributed by atoms with van der Waals surface area (Å²) >= 11 is 3.43. The highest BCUT2D eigenvalue weighted by atomic mass is 79.9. The Morgan fingerprint density at radius 1 is 1.11 bits per heavy atom. The van der Waals surface area contributed by atoms with E-state index in [1.54, 1.807) is 11.8 Å².